The molecule has 31 heavy (non-hydrogen) atoms. The molecule has 166 valence electrons. The van der Waals surface area contributed by atoms with Gasteiger partial charge in [0.15, 0.2) is 0 Å². The maximum atomic E-state index is 13.3. The largest absolute Gasteiger partial charge is 0.348 e. The molecule has 0 aromatic heterocycles. The number of hydrogen-bond acceptors (Lipinski definition) is 2. The molecule has 2 aromatic carbocycles. The van der Waals surface area contributed by atoms with Gasteiger partial charge >= 0.3 is 0 Å². The van der Waals surface area contributed by atoms with Crippen LogP contribution in [0.1, 0.15) is 45.1 Å². The second-order valence-corrected chi connectivity index (χ2v) is 9.06. The van der Waals surface area contributed by atoms with Crippen molar-refractivity contribution in [2.45, 2.75) is 46.0 Å². The Bertz CT molecular complexity index is 879. The van der Waals surface area contributed by atoms with Gasteiger partial charge in [0.1, 0.15) is 0 Å². The van der Waals surface area contributed by atoms with Crippen molar-refractivity contribution in [2.24, 2.45) is 11.3 Å². The summed E-state index contributed by atoms with van der Waals surface area (Å²) in [4.78, 5) is 29.9. The van der Waals surface area contributed by atoms with Gasteiger partial charge in [-0.15, -0.1) is 0 Å². The smallest absolute Gasteiger partial charge is 0.228 e. The summed E-state index contributed by atoms with van der Waals surface area (Å²) in [6.07, 6.45) is 3.88. The highest BCUT2D eigenvalue weighted by molar-refractivity contribution is 5.84. The third-order valence-electron chi connectivity index (χ3n) is 6.80. The maximum Gasteiger partial charge on any atom is 0.228 e. The molecular formula is C27H36N2O2. The van der Waals surface area contributed by atoms with E-state index in [1.807, 2.05) is 37.2 Å². The van der Waals surface area contributed by atoms with Crippen LogP contribution in [0.2, 0.25) is 0 Å². The quantitative estimate of drug-likeness (QED) is 0.630. The van der Waals surface area contributed by atoms with E-state index in [9.17, 15) is 9.59 Å². The zero-order valence-electron chi connectivity index (χ0n) is 19.4. The standard InChI is InChI=1S/C27H36N2O2/c1-5-22(6-2)25(30)29-17-15-27(16-18-29,26(31)28(3)4)20-21-11-10-14-24(19-21)23-12-8-7-9-13-23/h7-14,19,22H,5-6,15-18,20H2,1-4H3. The highest BCUT2D eigenvalue weighted by Gasteiger charge is 2.43. The summed E-state index contributed by atoms with van der Waals surface area (Å²) in [5, 5.41) is 0. The first-order valence-electron chi connectivity index (χ1n) is 11.5. The number of carbonyl (C=O) groups excluding carboxylic acids is 2. The van der Waals surface area contributed by atoms with Crippen molar-refractivity contribution < 1.29 is 9.59 Å². The minimum atomic E-state index is -0.455. The van der Waals surface area contributed by atoms with Gasteiger partial charge in [-0.25, -0.2) is 0 Å². The van der Waals surface area contributed by atoms with Crippen LogP contribution < -0.4 is 0 Å². The molecule has 0 spiro atoms. The fourth-order valence-corrected chi connectivity index (χ4v) is 4.87. The average Bonchev–Trinajstić information content (AvgIpc) is 2.80. The Labute approximate surface area is 187 Å². The number of amides is 2. The molecule has 0 radical (unpaired) electrons. The maximum absolute atomic E-state index is 13.3. The van der Waals surface area contributed by atoms with Gasteiger partial charge in [0.2, 0.25) is 11.8 Å². The molecule has 0 unspecified atom stereocenters. The fourth-order valence-electron chi connectivity index (χ4n) is 4.87. The first-order valence-corrected chi connectivity index (χ1v) is 11.5. The van der Waals surface area contributed by atoms with E-state index in [0.717, 1.165) is 12.8 Å². The lowest BCUT2D eigenvalue weighted by molar-refractivity contribution is -0.147. The van der Waals surface area contributed by atoms with E-state index in [0.29, 0.717) is 32.4 Å². The molecule has 1 saturated heterocycles. The molecule has 1 heterocycles. The van der Waals surface area contributed by atoms with Crippen LogP contribution in [-0.2, 0) is 16.0 Å². The lowest BCUT2D eigenvalue weighted by Gasteiger charge is -2.43. The van der Waals surface area contributed by atoms with Crippen LogP contribution in [0.3, 0.4) is 0 Å². The molecule has 1 fully saturated rings. The van der Waals surface area contributed by atoms with Crippen LogP contribution in [0.5, 0.6) is 0 Å². The summed E-state index contributed by atoms with van der Waals surface area (Å²) in [6, 6.07) is 18.9. The number of nitrogens with zero attached hydrogens (tertiary/aromatic N) is 2. The Hall–Kier alpha value is -2.62. The molecule has 1 aliphatic heterocycles. The molecule has 2 aromatic rings. The van der Waals surface area contributed by atoms with E-state index in [1.54, 1.807) is 4.90 Å². The van der Waals surface area contributed by atoms with Crippen molar-refractivity contribution in [1.82, 2.24) is 9.80 Å². The summed E-state index contributed by atoms with van der Waals surface area (Å²) in [5.41, 5.74) is 3.08. The van der Waals surface area contributed by atoms with Crippen molar-refractivity contribution >= 4 is 11.8 Å². The second-order valence-electron chi connectivity index (χ2n) is 9.06. The Morgan fingerprint density at radius 3 is 2.13 bits per heavy atom. The third-order valence-corrected chi connectivity index (χ3v) is 6.80. The number of piperidine rings is 1. The zero-order chi connectivity index (χ0) is 22.4. The Balaban J connectivity index is 1.82. The Kier molecular flexibility index (Phi) is 7.53. The van der Waals surface area contributed by atoms with Crippen LogP contribution in [0.4, 0.5) is 0 Å². The summed E-state index contributed by atoms with van der Waals surface area (Å²) >= 11 is 0. The van der Waals surface area contributed by atoms with Gasteiger partial charge in [0.05, 0.1) is 5.41 Å². The molecule has 0 saturated carbocycles. The summed E-state index contributed by atoms with van der Waals surface area (Å²) in [5.74, 6) is 0.522. The van der Waals surface area contributed by atoms with Crippen molar-refractivity contribution in [1.29, 1.82) is 0 Å². The third kappa shape index (κ3) is 5.17. The monoisotopic (exact) mass is 420 g/mol. The van der Waals surface area contributed by atoms with Gasteiger partial charge in [0, 0.05) is 33.1 Å². The van der Waals surface area contributed by atoms with Crippen LogP contribution in [0, 0.1) is 11.3 Å². The van der Waals surface area contributed by atoms with Gasteiger partial charge in [-0.05, 0) is 48.8 Å². The fraction of sp³-hybridized carbons (Fsp3) is 0.481. The summed E-state index contributed by atoms with van der Waals surface area (Å²) in [7, 11) is 3.68. The van der Waals surface area contributed by atoms with Crippen molar-refractivity contribution in [2.75, 3.05) is 27.2 Å². The van der Waals surface area contributed by atoms with Gasteiger partial charge in [-0.2, -0.15) is 0 Å². The lowest BCUT2D eigenvalue weighted by Crippen LogP contribution is -2.51. The normalized spacial score (nSPS) is 15.7. The number of hydrogen-bond donors (Lipinski definition) is 0. The molecule has 0 atom stereocenters. The Morgan fingerprint density at radius 2 is 1.55 bits per heavy atom. The van der Waals surface area contributed by atoms with E-state index < -0.39 is 5.41 Å². The van der Waals surface area contributed by atoms with E-state index >= 15 is 0 Å². The van der Waals surface area contributed by atoms with Crippen molar-refractivity contribution in [3.8, 4) is 11.1 Å². The van der Waals surface area contributed by atoms with Gasteiger partial charge in [0.25, 0.3) is 0 Å². The van der Waals surface area contributed by atoms with Crippen LogP contribution >= 0.6 is 0 Å². The van der Waals surface area contributed by atoms with E-state index in [1.165, 1.54) is 16.7 Å². The number of rotatable bonds is 7. The van der Waals surface area contributed by atoms with E-state index in [4.69, 9.17) is 0 Å². The predicted molar refractivity (Wildman–Crippen MR) is 127 cm³/mol. The minimum absolute atomic E-state index is 0.0969. The average molecular weight is 421 g/mol. The molecule has 3 rings (SSSR count). The lowest BCUT2D eigenvalue weighted by atomic mass is 9.72. The van der Waals surface area contributed by atoms with E-state index in [-0.39, 0.29) is 17.7 Å². The molecule has 0 N–H and O–H groups in total. The number of carbonyl (C=O) groups is 2. The van der Waals surface area contributed by atoms with E-state index in [2.05, 4.69) is 50.2 Å². The van der Waals surface area contributed by atoms with Crippen LogP contribution in [0.25, 0.3) is 11.1 Å². The second kappa shape index (κ2) is 10.1. The predicted octanol–water partition coefficient (Wildman–Crippen LogP) is 5.03. The van der Waals surface area contributed by atoms with Crippen molar-refractivity contribution in [3.63, 3.8) is 0 Å². The number of likely N-dealkylation sites (tertiary alicyclic amines) is 1. The van der Waals surface area contributed by atoms with Gasteiger partial charge < -0.3 is 9.80 Å². The highest BCUT2D eigenvalue weighted by Crippen LogP contribution is 2.38. The first-order chi connectivity index (χ1) is 14.9. The molecule has 0 aliphatic carbocycles. The van der Waals surface area contributed by atoms with Crippen molar-refractivity contribution in [3.05, 3.63) is 60.2 Å². The molecule has 2 amide bonds. The molecular weight excluding hydrogens is 384 g/mol. The molecule has 4 heteroatoms. The molecule has 0 bridgehead atoms. The van der Waals surface area contributed by atoms with Crippen LogP contribution in [-0.4, -0.2) is 48.8 Å². The van der Waals surface area contributed by atoms with Crippen LogP contribution in [0.15, 0.2) is 54.6 Å². The highest BCUT2D eigenvalue weighted by atomic mass is 16.2. The molecule has 1 aliphatic rings. The molecule has 4 nitrogen and oxygen atoms in total. The van der Waals surface area contributed by atoms with Gasteiger partial charge in [-0.3, -0.25) is 9.59 Å². The SMILES string of the molecule is CCC(CC)C(=O)N1CCC(Cc2cccc(-c3ccccc3)c2)(C(=O)N(C)C)CC1. The topological polar surface area (TPSA) is 40.6 Å². The number of benzene rings is 2. The van der Waals surface area contributed by atoms with Gasteiger partial charge in [-0.1, -0.05) is 68.4 Å². The summed E-state index contributed by atoms with van der Waals surface area (Å²) in [6.45, 7) is 5.48. The first kappa shape index (κ1) is 23.1. The minimum Gasteiger partial charge on any atom is -0.348 e. The summed E-state index contributed by atoms with van der Waals surface area (Å²) < 4.78 is 0. The Morgan fingerprint density at radius 1 is 0.935 bits per heavy atom. The zero-order valence-corrected chi connectivity index (χ0v) is 19.4.